The molecule has 1 aliphatic carbocycles. The molecule has 4 nitrogen and oxygen atoms in total. The van der Waals surface area contributed by atoms with Crippen LogP contribution in [0.15, 0.2) is 18.3 Å². The van der Waals surface area contributed by atoms with Crippen LogP contribution in [0.5, 0.6) is 0 Å². The number of nitrogens with one attached hydrogen (secondary N) is 1. The van der Waals surface area contributed by atoms with Gasteiger partial charge in [-0.1, -0.05) is 6.42 Å². The summed E-state index contributed by atoms with van der Waals surface area (Å²) in [5.74, 6) is -0.387. The fourth-order valence-electron chi connectivity index (χ4n) is 2.52. The fraction of sp³-hybridized carbons (Fsp3) is 0.571. The van der Waals surface area contributed by atoms with Crippen molar-refractivity contribution in [2.24, 2.45) is 11.7 Å². The lowest BCUT2D eigenvalue weighted by molar-refractivity contribution is -0.137. The molecule has 8 heteroatoms. The standard InChI is InChI=1S/C14H17F3N3OSi/c15-14(16,17)9-3-4-19-10(6-9)7-20-13(21)8-1-2-12(22)11(18)5-8/h3-4,6,8,11-12H,1-2,5,7,18H2,(H,20,21). The van der Waals surface area contributed by atoms with E-state index in [0.29, 0.717) is 12.8 Å². The maximum absolute atomic E-state index is 12.6. The van der Waals surface area contributed by atoms with Crippen molar-refractivity contribution in [3.05, 3.63) is 29.6 Å². The van der Waals surface area contributed by atoms with Crippen molar-refractivity contribution in [2.75, 3.05) is 0 Å². The van der Waals surface area contributed by atoms with Gasteiger partial charge in [0.2, 0.25) is 5.91 Å². The summed E-state index contributed by atoms with van der Waals surface area (Å²) in [4.78, 5) is 15.9. The molecule has 3 N–H and O–H groups in total. The second-order valence-corrected chi connectivity index (χ2v) is 6.27. The van der Waals surface area contributed by atoms with Gasteiger partial charge in [0.1, 0.15) is 0 Å². The Labute approximate surface area is 130 Å². The molecule has 0 saturated heterocycles. The first-order valence-corrected chi connectivity index (χ1v) is 7.61. The zero-order valence-electron chi connectivity index (χ0n) is 11.9. The number of aromatic nitrogens is 1. The summed E-state index contributed by atoms with van der Waals surface area (Å²) in [6.07, 6.45) is -1.24. The minimum absolute atomic E-state index is 0.0220. The van der Waals surface area contributed by atoms with Crippen LogP contribution in [0.3, 0.4) is 0 Å². The van der Waals surface area contributed by atoms with Crippen LogP contribution in [-0.4, -0.2) is 27.2 Å². The highest BCUT2D eigenvalue weighted by molar-refractivity contribution is 6.12. The van der Waals surface area contributed by atoms with E-state index in [1.165, 1.54) is 0 Å². The molecule has 1 aromatic rings. The Hall–Kier alpha value is -1.41. The van der Waals surface area contributed by atoms with Crippen LogP contribution >= 0.6 is 0 Å². The van der Waals surface area contributed by atoms with Crippen molar-refractivity contribution in [3.8, 4) is 0 Å². The van der Waals surface area contributed by atoms with E-state index in [1.807, 2.05) is 0 Å². The topological polar surface area (TPSA) is 68.0 Å². The quantitative estimate of drug-likeness (QED) is 0.832. The van der Waals surface area contributed by atoms with Crippen LogP contribution in [0, 0.1) is 5.92 Å². The maximum atomic E-state index is 12.6. The number of carbonyl (C=O) groups is 1. The molecule has 3 unspecified atom stereocenters. The van der Waals surface area contributed by atoms with Crippen LogP contribution in [-0.2, 0) is 17.5 Å². The second kappa shape index (κ2) is 6.78. The van der Waals surface area contributed by atoms with Crippen molar-refractivity contribution in [3.63, 3.8) is 0 Å². The minimum Gasteiger partial charge on any atom is -0.350 e. The molecule has 1 saturated carbocycles. The number of pyridine rings is 1. The summed E-state index contributed by atoms with van der Waals surface area (Å²) in [6.45, 7) is -0.0220. The molecule has 1 aliphatic rings. The number of carbonyl (C=O) groups excluding carboxylic acids is 1. The lowest BCUT2D eigenvalue weighted by Crippen LogP contribution is -2.40. The Bertz CT molecular complexity index is 538. The van der Waals surface area contributed by atoms with E-state index in [9.17, 15) is 18.0 Å². The molecule has 2 rings (SSSR count). The molecule has 22 heavy (non-hydrogen) atoms. The predicted octanol–water partition coefficient (Wildman–Crippen LogP) is 1.80. The lowest BCUT2D eigenvalue weighted by atomic mass is 9.85. The zero-order valence-corrected chi connectivity index (χ0v) is 12.9. The fourth-order valence-corrected chi connectivity index (χ4v) is 2.82. The molecule has 0 aromatic carbocycles. The van der Waals surface area contributed by atoms with E-state index in [2.05, 4.69) is 20.5 Å². The van der Waals surface area contributed by atoms with Gasteiger partial charge in [-0.25, -0.2) is 0 Å². The van der Waals surface area contributed by atoms with E-state index >= 15 is 0 Å². The van der Waals surface area contributed by atoms with Gasteiger partial charge in [0.25, 0.3) is 0 Å². The van der Waals surface area contributed by atoms with Crippen LogP contribution in [0.2, 0.25) is 5.54 Å². The first kappa shape index (κ1) is 16.9. The Kier molecular flexibility index (Phi) is 5.22. The normalized spacial score (nSPS) is 25.8. The molecule has 0 aliphatic heterocycles. The van der Waals surface area contributed by atoms with Crippen molar-refractivity contribution >= 4 is 16.1 Å². The van der Waals surface area contributed by atoms with E-state index in [0.717, 1.165) is 24.8 Å². The van der Waals surface area contributed by atoms with Gasteiger partial charge >= 0.3 is 6.18 Å². The summed E-state index contributed by atoms with van der Waals surface area (Å²) in [5, 5.41) is 2.64. The average Bonchev–Trinajstić information content (AvgIpc) is 2.47. The highest BCUT2D eigenvalue weighted by atomic mass is 28.1. The minimum atomic E-state index is -4.41. The van der Waals surface area contributed by atoms with Crippen LogP contribution in [0.25, 0.3) is 0 Å². The number of amides is 1. The van der Waals surface area contributed by atoms with Crippen LogP contribution in [0.4, 0.5) is 13.2 Å². The molecule has 0 bridgehead atoms. The molecule has 1 fully saturated rings. The average molecular weight is 328 g/mol. The summed E-state index contributed by atoms with van der Waals surface area (Å²) >= 11 is 0. The molecule has 3 radical (unpaired) electrons. The Morgan fingerprint density at radius 1 is 1.45 bits per heavy atom. The van der Waals surface area contributed by atoms with Gasteiger partial charge in [0.05, 0.1) is 17.8 Å². The van der Waals surface area contributed by atoms with Crippen molar-refractivity contribution in [2.45, 2.75) is 43.6 Å². The molecule has 1 aromatic heterocycles. The Morgan fingerprint density at radius 2 is 2.18 bits per heavy atom. The number of hydrogen-bond donors (Lipinski definition) is 2. The lowest BCUT2D eigenvalue weighted by Gasteiger charge is -2.30. The second-order valence-electron chi connectivity index (χ2n) is 5.53. The van der Waals surface area contributed by atoms with E-state index in [-0.39, 0.29) is 35.6 Å². The third-order valence-corrected chi connectivity index (χ3v) is 4.57. The molecule has 3 atom stereocenters. The van der Waals surface area contributed by atoms with Gasteiger partial charge in [-0.15, -0.1) is 0 Å². The SMILES string of the molecule is NC1CC(C(=O)NCc2cc(C(F)(F)F)ccn2)CCC1[Si]. The Morgan fingerprint density at radius 3 is 2.82 bits per heavy atom. The molecular weight excluding hydrogens is 311 g/mol. The molecule has 1 amide bonds. The predicted molar refractivity (Wildman–Crippen MR) is 75.9 cm³/mol. The molecule has 0 spiro atoms. The van der Waals surface area contributed by atoms with Gasteiger partial charge in [-0.05, 0) is 30.5 Å². The first-order chi connectivity index (χ1) is 10.3. The number of alkyl halides is 3. The van der Waals surface area contributed by atoms with Crippen molar-refractivity contribution < 1.29 is 18.0 Å². The highest BCUT2D eigenvalue weighted by Crippen LogP contribution is 2.30. The van der Waals surface area contributed by atoms with E-state index < -0.39 is 11.7 Å². The number of halogens is 3. The molecule has 119 valence electrons. The molecule has 1 heterocycles. The smallest absolute Gasteiger partial charge is 0.350 e. The largest absolute Gasteiger partial charge is 0.416 e. The third kappa shape index (κ3) is 4.29. The maximum Gasteiger partial charge on any atom is 0.416 e. The molecular formula is C14H17F3N3OSi. The summed E-state index contributed by atoms with van der Waals surface area (Å²) in [7, 11) is 3.51. The first-order valence-electron chi connectivity index (χ1n) is 7.04. The Balaban J connectivity index is 1.91. The van der Waals surface area contributed by atoms with Crippen molar-refractivity contribution in [1.29, 1.82) is 0 Å². The summed E-state index contributed by atoms with van der Waals surface area (Å²) in [5.41, 5.74) is 5.53. The summed E-state index contributed by atoms with van der Waals surface area (Å²) in [6, 6.07) is 1.76. The van der Waals surface area contributed by atoms with Crippen LogP contribution in [0.1, 0.15) is 30.5 Å². The van der Waals surface area contributed by atoms with Gasteiger partial charge in [-0.3, -0.25) is 9.78 Å². The summed E-state index contributed by atoms with van der Waals surface area (Å²) < 4.78 is 37.8. The van der Waals surface area contributed by atoms with Crippen molar-refractivity contribution in [1.82, 2.24) is 10.3 Å². The number of hydrogen-bond acceptors (Lipinski definition) is 3. The number of rotatable bonds is 3. The number of nitrogens with zero attached hydrogens (tertiary/aromatic N) is 1. The third-order valence-electron chi connectivity index (χ3n) is 3.86. The van der Waals surface area contributed by atoms with Gasteiger partial charge < -0.3 is 11.1 Å². The monoisotopic (exact) mass is 328 g/mol. The van der Waals surface area contributed by atoms with Gasteiger partial charge in [-0.2, -0.15) is 13.2 Å². The van der Waals surface area contributed by atoms with E-state index in [1.54, 1.807) is 0 Å². The van der Waals surface area contributed by atoms with Gasteiger partial charge in [0, 0.05) is 28.4 Å². The zero-order chi connectivity index (χ0) is 16.3. The highest BCUT2D eigenvalue weighted by Gasteiger charge is 2.31. The van der Waals surface area contributed by atoms with Crippen LogP contribution < -0.4 is 11.1 Å². The number of nitrogens with two attached hydrogens (primary N) is 1. The van der Waals surface area contributed by atoms with Gasteiger partial charge in [0.15, 0.2) is 0 Å². The van der Waals surface area contributed by atoms with E-state index in [4.69, 9.17) is 5.73 Å².